The first kappa shape index (κ1) is 30.7. The van der Waals surface area contributed by atoms with Crippen molar-refractivity contribution < 1.29 is 32.5 Å². The zero-order valence-corrected chi connectivity index (χ0v) is 22.4. The molecule has 12 heteroatoms. The molecule has 0 spiro atoms. The summed E-state index contributed by atoms with van der Waals surface area (Å²) >= 11 is 0. The largest absolute Gasteiger partial charge is 0.496 e. The molecule has 1 aromatic heterocycles. The van der Waals surface area contributed by atoms with Crippen LogP contribution < -0.4 is 20.9 Å². The second-order valence-corrected chi connectivity index (χ2v) is 9.36. The Labute approximate surface area is 235 Å². The lowest BCUT2D eigenvalue weighted by Crippen LogP contribution is -2.32. The maximum absolute atomic E-state index is 14.3. The van der Waals surface area contributed by atoms with E-state index in [1.807, 2.05) is 36.4 Å². The van der Waals surface area contributed by atoms with Crippen LogP contribution in [-0.4, -0.2) is 40.4 Å². The van der Waals surface area contributed by atoms with E-state index in [0.29, 0.717) is 36.9 Å². The summed E-state index contributed by atoms with van der Waals surface area (Å²) in [6.07, 6.45) is -3.21. The van der Waals surface area contributed by atoms with Gasteiger partial charge in [0.2, 0.25) is 17.9 Å². The van der Waals surface area contributed by atoms with Gasteiger partial charge in [0.15, 0.2) is 0 Å². The standard InChI is InChI=1S/C28H29F3N4O4.ClH/c1-38-23-14-19(17-5-3-2-4-6-17)11-12-20(23)25(28(29,30)31)39-24-15-22(34-27(33)35-24)18-9-7-16(8-10-18)13-21(32)26(36)37;/h2-6,9,11-12,14-16,21,25H,7-8,10,13,32H2,1H3,(H,36,37)(H2,33,34,35);1H/t16?,21-,25+;/m0./s1. The number of aliphatic carboxylic acids is 1. The molecule has 0 radical (unpaired) electrons. The predicted octanol–water partition coefficient (Wildman–Crippen LogP) is 5.82. The molecule has 0 saturated heterocycles. The van der Waals surface area contributed by atoms with E-state index >= 15 is 0 Å². The first-order valence-electron chi connectivity index (χ1n) is 12.3. The molecule has 0 aliphatic heterocycles. The van der Waals surface area contributed by atoms with Gasteiger partial charge in [-0.2, -0.15) is 18.2 Å². The van der Waals surface area contributed by atoms with Crippen molar-refractivity contribution in [1.29, 1.82) is 0 Å². The van der Waals surface area contributed by atoms with Crippen molar-refractivity contribution in [2.75, 3.05) is 12.8 Å². The number of carbonyl (C=O) groups is 1. The average molecular weight is 579 g/mol. The van der Waals surface area contributed by atoms with E-state index in [-0.39, 0.29) is 41.5 Å². The highest BCUT2D eigenvalue weighted by Crippen LogP contribution is 2.42. The van der Waals surface area contributed by atoms with Crippen LogP contribution in [0.25, 0.3) is 16.7 Å². The molecule has 1 unspecified atom stereocenters. The number of anilines is 1. The number of carboxylic acids is 1. The number of alkyl halides is 3. The van der Waals surface area contributed by atoms with Crippen LogP contribution in [0.2, 0.25) is 0 Å². The first-order valence-corrected chi connectivity index (χ1v) is 12.3. The summed E-state index contributed by atoms with van der Waals surface area (Å²) in [6.45, 7) is 0. The molecule has 1 aliphatic rings. The van der Waals surface area contributed by atoms with E-state index in [4.69, 9.17) is 26.0 Å². The Hall–Kier alpha value is -3.83. The number of halogens is 4. The van der Waals surface area contributed by atoms with Gasteiger partial charge in [-0.25, -0.2) is 4.98 Å². The van der Waals surface area contributed by atoms with Crippen LogP contribution in [0, 0.1) is 5.92 Å². The van der Waals surface area contributed by atoms with Gasteiger partial charge in [0, 0.05) is 11.6 Å². The Morgan fingerprint density at radius 2 is 1.85 bits per heavy atom. The zero-order valence-electron chi connectivity index (χ0n) is 21.6. The summed E-state index contributed by atoms with van der Waals surface area (Å²) in [6, 6.07) is 14.0. The lowest BCUT2D eigenvalue weighted by Gasteiger charge is -2.25. The van der Waals surface area contributed by atoms with E-state index < -0.39 is 24.3 Å². The van der Waals surface area contributed by atoms with Crippen LogP contribution in [-0.2, 0) is 4.79 Å². The number of nitrogens with zero attached hydrogens (tertiary/aromatic N) is 2. The number of benzene rings is 2. The summed E-state index contributed by atoms with van der Waals surface area (Å²) in [4.78, 5) is 19.1. The fraction of sp³-hybridized carbons (Fsp3) is 0.321. The van der Waals surface area contributed by atoms with Gasteiger partial charge >= 0.3 is 12.1 Å². The maximum atomic E-state index is 14.3. The molecule has 5 N–H and O–H groups in total. The number of methoxy groups -OCH3 is 1. The molecular weight excluding hydrogens is 549 g/mol. The summed E-state index contributed by atoms with van der Waals surface area (Å²) in [5, 5.41) is 9.04. The molecule has 0 amide bonds. The summed E-state index contributed by atoms with van der Waals surface area (Å²) in [5.74, 6) is -1.52. The number of aromatic nitrogens is 2. The Morgan fingerprint density at radius 1 is 1.12 bits per heavy atom. The van der Waals surface area contributed by atoms with Crippen LogP contribution in [0.1, 0.15) is 43.0 Å². The summed E-state index contributed by atoms with van der Waals surface area (Å²) in [5.41, 5.74) is 13.9. The summed E-state index contributed by atoms with van der Waals surface area (Å²) < 4.78 is 53.6. The highest BCUT2D eigenvalue weighted by molar-refractivity contribution is 5.85. The Bertz CT molecular complexity index is 1360. The Kier molecular flexibility index (Phi) is 9.99. The van der Waals surface area contributed by atoms with Gasteiger partial charge in [-0.3, -0.25) is 4.79 Å². The quantitative estimate of drug-likeness (QED) is 0.289. The molecule has 8 nitrogen and oxygen atoms in total. The molecule has 1 heterocycles. The highest BCUT2D eigenvalue weighted by atomic mass is 35.5. The zero-order chi connectivity index (χ0) is 28.2. The third-order valence-corrected chi connectivity index (χ3v) is 6.63. The molecule has 214 valence electrons. The normalized spacial score (nSPS) is 16.7. The number of ether oxygens (including phenoxy) is 2. The molecule has 40 heavy (non-hydrogen) atoms. The first-order chi connectivity index (χ1) is 18.5. The van der Waals surface area contributed by atoms with Crippen LogP contribution in [0.3, 0.4) is 0 Å². The SMILES string of the molecule is COc1cc(-c2ccccc2)ccc1[C@@H](Oc1cc(C2=CCC(C[C@H](N)C(=O)O)CC2)nc(N)n1)C(F)(F)F.Cl. The van der Waals surface area contributed by atoms with Gasteiger partial charge in [-0.1, -0.05) is 48.5 Å². The van der Waals surface area contributed by atoms with Gasteiger partial charge in [0.25, 0.3) is 0 Å². The van der Waals surface area contributed by atoms with Crippen LogP contribution >= 0.6 is 12.4 Å². The Balaban J connectivity index is 0.00000441. The predicted molar refractivity (Wildman–Crippen MR) is 147 cm³/mol. The maximum Gasteiger partial charge on any atom is 0.429 e. The van der Waals surface area contributed by atoms with Gasteiger partial charge in [-0.15, -0.1) is 12.4 Å². The molecule has 0 fully saturated rings. The highest BCUT2D eigenvalue weighted by Gasteiger charge is 2.45. The molecule has 0 bridgehead atoms. The van der Waals surface area contributed by atoms with Crippen molar-refractivity contribution in [3.05, 3.63) is 71.9 Å². The van der Waals surface area contributed by atoms with Gasteiger partial charge < -0.3 is 26.0 Å². The van der Waals surface area contributed by atoms with E-state index in [9.17, 15) is 18.0 Å². The minimum atomic E-state index is -4.79. The van der Waals surface area contributed by atoms with Crippen molar-refractivity contribution in [1.82, 2.24) is 9.97 Å². The lowest BCUT2D eigenvalue weighted by atomic mass is 9.84. The number of nitrogen functional groups attached to an aromatic ring is 1. The Morgan fingerprint density at radius 3 is 2.45 bits per heavy atom. The second kappa shape index (κ2) is 13.0. The summed E-state index contributed by atoms with van der Waals surface area (Å²) in [7, 11) is 1.30. The minimum Gasteiger partial charge on any atom is -0.496 e. The van der Waals surface area contributed by atoms with Gasteiger partial charge in [0.1, 0.15) is 11.8 Å². The monoisotopic (exact) mass is 578 g/mol. The van der Waals surface area contributed by atoms with Gasteiger partial charge in [0.05, 0.1) is 12.8 Å². The average Bonchev–Trinajstić information content (AvgIpc) is 2.91. The number of rotatable bonds is 9. The van der Waals surface area contributed by atoms with Crippen molar-refractivity contribution in [3.63, 3.8) is 0 Å². The van der Waals surface area contributed by atoms with E-state index in [0.717, 1.165) is 11.1 Å². The van der Waals surface area contributed by atoms with Crippen LogP contribution in [0.4, 0.5) is 19.1 Å². The molecule has 3 aromatic rings. The molecule has 4 rings (SSSR count). The minimum absolute atomic E-state index is 0. The van der Waals surface area contributed by atoms with Gasteiger partial charge in [-0.05, 0) is 54.4 Å². The second-order valence-electron chi connectivity index (χ2n) is 9.36. The fourth-order valence-corrected chi connectivity index (χ4v) is 4.63. The number of allylic oxidation sites excluding steroid dienone is 2. The topological polar surface area (TPSA) is 134 Å². The molecule has 1 aliphatic carbocycles. The third kappa shape index (κ3) is 7.42. The molecule has 3 atom stereocenters. The van der Waals surface area contributed by atoms with Crippen molar-refractivity contribution in [2.45, 2.75) is 44.0 Å². The van der Waals surface area contributed by atoms with Crippen LogP contribution in [0.15, 0.2) is 60.7 Å². The molecule has 0 saturated carbocycles. The number of nitrogens with two attached hydrogens (primary N) is 2. The molecular formula is C28H30ClF3N4O4. The van der Waals surface area contributed by atoms with E-state index in [1.54, 1.807) is 6.07 Å². The number of carboxylic acid groups (broad SMARTS) is 1. The smallest absolute Gasteiger partial charge is 0.429 e. The third-order valence-electron chi connectivity index (χ3n) is 6.63. The van der Waals surface area contributed by atoms with Crippen LogP contribution in [0.5, 0.6) is 11.6 Å². The lowest BCUT2D eigenvalue weighted by molar-refractivity contribution is -0.199. The van der Waals surface area contributed by atoms with Crippen molar-refractivity contribution in [2.24, 2.45) is 11.7 Å². The fourth-order valence-electron chi connectivity index (χ4n) is 4.63. The van der Waals surface area contributed by atoms with Crippen molar-refractivity contribution >= 4 is 29.9 Å². The van der Waals surface area contributed by atoms with Crippen molar-refractivity contribution in [3.8, 4) is 22.8 Å². The van der Waals surface area contributed by atoms with E-state index in [1.165, 1.54) is 25.3 Å². The van der Waals surface area contributed by atoms with E-state index in [2.05, 4.69) is 9.97 Å². The number of hydrogen-bond donors (Lipinski definition) is 3. The number of hydrogen-bond acceptors (Lipinski definition) is 7. The molecule has 2 aromatic carbocycles.